The molecule has 1 N–H and O–H groups in total. The minimum absolute atomic E-state index is 0.0394. The summed E-state index contributed by atoms with van der Waals surface area (Å²) in [5.74, 6) is 2.80. The average molecular weight is 294 g/mol. The van der Waals surface area contributed by atoms with Gasteiger partial charge in [-0.05, 0) is 81.5 Å². The van der Waals surface area contributed by atoms with E-state index in [4.69, 9.17) is 4.74 Å². The molecule has 0 bridgehead atoms. The predicted octanol–water partition coefficient (Wildman–Crippen LogP) is 4.41. The summed E-state index contributed by atoms with van der Waals surface area (Å²) in [6.45, 7) is 10.3. The molecule has 3 fully saturated rings. The van der Waals surface area contributed by atoms with E-state index in [2.05, 4.69) is 27.7 Å². The van der Waals surface area contributed by atoms with E-state index in [0.29, 0.717) is 11.3 Å². The van der Waals surface area contributed by atoms with E-state index >= 15 is 0 Å². The number of aliphatic hydroxyl groups is 1. The van der Waals surface area contributed by atoms with Crippen LogP contribution < -0.4 is 0 Å². The number of hydrogen-bond donors (Lipinski definition) is 1. The lowest BCUT2D eigenvalue weighted by atomic mass is 9.60. The highest BCUT2D eigenvalue weighted by Gasteiger charge is 2.53. The minimum Gasteiger partial charge on any atom is -0.393 e. The quantitative estimate of drug-likeness (QED) is 0.817. The molecule has 3 rings (SSSR count). The zero-order chi connectivity index (χ0) is 15.3. The molecule has 0 aromatic rings. The number of rotatable bonds is 2. The van der Waals surface area contributed by atoms with Gasteiger partial charge in [0.1, 0.15) is 0 Å². The smallest absolute Gasteiger partial charge is 0.0626 e. The van der Waals surface area contributed by atoms with E-state index in [1.807, 2.05) is 0 Å². The van der Waals surface area contributed by atoms with Crippen LogP contribution in [0.25, 0.3) is 0 Å². The highest BCUT2D eigenvalue weighted by Crippen LogP contribution is 2.59. The van der Waals surface area contributed by atoms with Crippen molar-refractivity contribution in [1.82, 2.24) is 0 Å². The standard InChI is InChI=1S/C19H34O2/c1-13(14-9-11-18(2,3)21-12-14)15-7-8-16-17(20)6-5-10-19(15,16)4/h13-17,20H,5-12H2,1-4H3/t13-,14-,15-,16+,17+,19-/m1/s1. The SMILES string of the molecule is C[C@H]([C@@H]1CCC(C)(C)OC1)[C@H]1CC[C@H]2[C@@H](O)CCC[C@]12C. The Kier molecular flexibility index (Phi) is 4.16. The fourth-order valence-corrected chi connectivity index (χ4v) is 5.82. The highest BCUT2D eigenvalue weighted by atomic mass is 16.5. The Morgan fingerprint density at radius 3 is 2.48 bits per heavy atom. The van der Waals surface area contributed by atoms with Crippen molar-refractivity contribution in [2.45, 2.75) is 84.3 Å². The van der Waals surface area contributed by atoms with Gasteiger partial charge in [0.25, 0.3) is 0 Å². The molecule has 122 valence electrons. The first-order chi connectivity index (χ1) is 9.83. The molecule has 6 atom stereocenters. The molecule has 1 aliphatic heterocycles. The lowest BCUT2D eigenvalue weighted by molar-refractivity contribution is -0.102. The molecule has 21 heavy (non-hydrogen) atoms. The van der Waals surface area contributed by atoms with Crippen molar-refractivity contribution in [3.63, 3.8) is 0 Å². The van der Waals surface area contributed by atoms with Crippen LogP contribution in [-0.2, 0) is 4.74 Å². The lowest BCUT2D eigenvalue weighted by Gasteiger charge is -2.47. The van der Waals surface area contributed by atoms with Crippen molar-refractivity contribution in [3.05, 3.63) is 0 Å². The second-order valence-corrected chi connectivity index (χ2v) is 8.98. The molecule has 0 amide bonds. The molecule has 0 radical (unpaired) electrons. The first-order valence-electron chi connectivity index (χ1n) is 9.15. The van der Waals surface area contributed by atoms with Crippen LogP contribution in [0, 0.1) is 29.1 Å². The monoisotopic (exact) mass is 294 g/mol. The van der Waals surface area contributed by atoms with Gasteiger partial charge in [-0.3, -0.25) is 0 Å². The van der Waals surface area contributed by atoms with E-state index < -0.39 is 0 Å². The zero-order valence-electron chi connectivity index (χ0n) is 14.4. The van der Waals surface area contributed by atoms with Crippen molar-refractivity contribution in [3.8, 4) is 0 Å². The van der Waals surface area contributed by atoms with E-state index in [1.54, 1.807) is 0 Å². The number of hydrogen-bond acceptors (Lipinski definition) is 2. The van der Waals surface area contributed by atoms with Crippen LogP contribution in [0.5, 0.6) is 0 Å². The number of fused-ring (bicyclic) bond motifs is 1. The molecule has 2 saturated carbocycles. The molecule has 2 aliphatic carbocycles. The second kappa shape index (κ2) is 5.53. The van der Waals surface area contributed by atoms with Gasteiger partial charge in [-0.25, -0.2) is 0 Å². The molecule has 1 saturated heterocycles. The van der Waals surface area contributed by atoms with Crippen LogP contribution in [-0.4, -0.2) is 23.4 Å². The number of ether oxygens (including phenoxy) is 1. The first kappa shape index (κ1) is 15.8. The molecular weight excluding hydrogens is 260 g/mol. The molecular formula is C19H34O2. The molecule has 0 aromatic carbocycles. The van der Waals surface area contributed by atoms with Crippen molar-refractivity contribution in [2.75, 3.05) is 6.61 Å². The van der Waals surface area contributed by atoms with Gasteiger partial charge in [0.2, 0.25) is 0 Å². The fourth-order valence-electron chi connectivity index (χ4n) is 5.82. The maximum absolute atomic E-state index is 10.4. The molecule has 0 aromatic heterocycles. The van der Waals surface area contributed by atoms with Gasteiger partial charge in [0, 0.05) is 0 Å². The maximum atomic E-state index is 10.4. The summed E-state index contributed by atoms with van der Waals surface area (Å²) in [5.41, 5.74) is 0.462. The van der Waals surface area contributed by atoms with E-state index in [0.717, 1.165) is 30.8 Å². The third-order valence-corrected chi connectivity index (χ3v) is 7.35. The Bertz CT molecular complexity index is 368. The van der Waals surface area contributed by atoms with E-state index in [1.165, 1.54) is 38.5 Å². The molecule has 2 nitrogen and oxygen atoms in total. The second-order valence-electron chi connectivity index (χ2n) is 8.98. The number of aliphatic hydroxyl groups excluding tert-OH is 1. The first-order valence-corrected chi connectivity index (χ1v) is 9.15. The Balaban J connectivity index is 1.69. The zero-order valence-corrected chi connectivity index (χ0v) is 14.4. The van der Waals surface area contributed by atoms with Crippen LogP contribution >= 0.6 is 0 Å². The topological polar surface area (TPSA) is 29.5 Å². The lowest BCUT2D eigenvalue weighted by Crippen LogP contribution is -2.44. The largest absolute Gasteiger partial charge is 0.393 e. The van der Waals surface area contributed by atoms with Gasteiger partial charge < -0.3 is 9.84 Å². The predicted molar refractivity (Wildman–Crippen MR) is 86.1 cm³/mol. The molecule has 3 aliphatic rings. The highest BCUT2D eigenvalue weighted by molar-refractivity contribution is 5.02. The summed E-state index contributed by atoms with van der Waals surface area (Å²) in [4.78, 5) is 0. The Labute approximate surface area is 130 Å². The molecule has 1 heterocycles. The minimum atomic E-state index is -0.0394. The van der Waals surface area contributed by atoms with Crippen LogP contribution in [0.2, 0.25) is 0 Å². The molecule has 2 heteroatoms. The molecule has 0 unspecified atom stereocenters. The van der Waals surface area contributed by atoms with Crippen LogP contribution in [0.1, 0.15) is 72.6 Å². The van der Waals surface area contributed by atoms with Crippen molar-refractivity contribution < 1.29 is 9.84 Å². The Morgan fingerprint density at radius 2 is 1.81 bits per heavy atom. The summed E-state index contributed by atoms with van der Waals surface area (Å²) < 4.78 is 6.10. The molecule has 0 spiro atoms. The Morgan fingerprint density at radius 1 is 1.05 bits per heavy atom. The maximum Gasteiger partial charge on any atom is 0.0626 e. The van der Waals surface area contributed by atoms with Crippen molar-refractivity contribution in [2.24, 2.45) is 29.1 Å². The van der Waals surface area contributed by atoms with Crippen molar-refractivity contribution >= 4 is 0 Å². The normalized spacial score (nSPS) is 47.9. The van der Waals surface area contributed by atoms with Gasteiger partial charge >= 0.3 is 0 Å². The summed E-state index contributed by atoms with van der Waals surface area (Å²) >= 11 is 0. The summed E-state index contributed by atoms with van der Waals surface area (Å²) in [6.07, 6.45) is 8.59. The van der Waals surface area contributed by atoms with Gasteiger partial charge in [-0.15, -0.1) is 0 Å². The van der Waals surface area contributed by atoms with Crippen LogP contribution in [0.4, 0.5) is 0 Å². The van der Waals surface area contributed by atoms with Gasteiger partial charge in [0.05, 0.1) is 18.3 Å². The average Bonchev–Trinajstić information content (AvgIpc) is 2.76. The van der Waals surface area contributed by atoms with E-state index in [-0.39, 0.29) is 11.7 Å². The summed E-state index contributed by atoms with van der Waals surface area (Å²) in [7, 11) is 0. The van der Waals surface area contributed by atoms with E-state index in [9.17, 15) is 5.11 Å². The van der Waals surface area contributed by atoms with Gasteiger partial charge in [-0.2, -0.15) is 0 Å². The Hall–Kier alpha value is -0.0800. The van der Waals surface area contributed by atoms with Gasteiger partial charge in [0.15, 0.2) is 0 Å². The van der Waals surface area contributed by atoms with Crippen LogP contribution in [0.3, 0.4) is 0 Å². The summed E-state index contributed by atoms with van der Waals surface area (Å²) in [5, 5.41) is 10.4. The summed E-state index contributed by atoms with van der Waals surface area (Å²) in [6, 6.07) is 0. The third kappa shape index (κ3) is 2.79. The van der Waals surface area contributed by atoms with Crippen LogP contribution in [0.15, 0.2) is 0 Å². The third-order valence-electron chi connectivity index (χ3n) is 7.35. The van der Waals surface area contributed by atoms with Gasteiger partial charge in [-0.1, -0.05) is 20.3 Å². The van der Waals surface area contributed by atoms with Crippen molar-refractivity contribution in [1.29, 1.82) is 0 Å². The fraction of sp³-hybridized carbons (Fsp3) is 1.00.